The van der Waals surface area contributed by atoms with E-state index in [-0.39, 0.29) is 11.9 Å². The predicted molar refractivity (Wildman–Crippen MR) is 80.9 cm³/mol. The zero-order valence-electron chi connectivity index (χ0n) is 12.4. The number of hydrogen-bond acceptors (Lipinski definition) is 2. The van der Waals surface area contributed by atoms with Crippen molar-refractivity contribution in [2.75, 3.05) is 12.3 Å². The van der Waals surface area contributed by atoms with E-state index >= 15 is 0 Å². The summed E-state index contributed by atoms with van der Waals surface area (Å²) in [5.41, 5.74) is 7.45. The molecular weight excluding hydrogens is 236 g/mol. The zero-order valence-corrected chi connectivity index (χ0v) is 12.4. The molecule has 0 aromatic heterocycles. The number of nitrogens with zero attached hydrogens (tertiary/aromatic N) is 1. The van der Waals surface area contributed by atoms with Crippen LogP contribution in [-0.2, 0) is 11.2 Å². The van der Waals surface area contributed by atoms with Crippen LogP contribution in [0.4, 0.5) is 5.69 Å². The topological polar surface area (TPSA) is 46.3 Å². The van der Waals surface area contributed by atoms with E-state index in [0.717, 1.165) is 18.5 Å². The van der Waals surface area contributed by atoms with Gasteiger partial charge in [-0.05, 0) is 38.0 Å². The van der Waals surface area contributed by atoms with E-state index in [2.05, 4.69) is 20.8 Å². The van der Waals surface area contributed by atoms with Crippen LogP contribution in [0.1, 0.15) is 45.6 Å². The van der Waals surface area contributed by atoms with Gasteiger partial charge >= 0.3 is 0 Å². The number of carbonyl (C=O) groups is 1. The van der Waals surface area contributed by atoms with E-state index in [1.165, 1.54) is 12.8 Å². The molecule has 0 heterocycles. The number of hydrogen-bond donors (Lipinski definition) is 1. The molecule has 0 saturated carbocycles. The van der Waals surface area contributed by atoms with E-state index in [0.29, 0.717) is 12.1 Å². The molecule has 0 aliphatic rings. The second-order valence-corrected chi connectivity index (χ2v) is 5.31. The van der Waals surface area contributed by atoms with Crippen LogP contribution in [0.2, 0.25) is 0 Å². The first-order valence-electron chi connectivity index (χ1n) is 7.18. The third-order valence-electron chi connectivity index (χ3n) is 3.25. The highest BCUT2D eigenvalue weighted by molar-refractivity contribution is 5.79. The summed E-state index contributed by atoms with van der Waals surface area (Å²) >= 11 is 0. The molecule has 1 amide bonds. The fourth-order valence-electron chi connectivity index (χ4n) is 2.18. The molecule has 19 heavy (non-hydrogen) atoms. The number of rotatable bonds is 7. The number of nitrogen functional groups attached to an aromatic ring is 1. The van der Waals surface area contributed by atoms with Crippen LogP contribution in [0, 0.1) is 0 Å². The quantitative estimate of drug-likeness (QED) is 0.605. The van der Waals surface area contributed by atoms with Crippen molar-refractivity contribution in [1.82, 2.24) is 4.90 Å². The van der Waals surface area contributed by atoms with Gasteiger partial charge in [0.15, 0.2) is 0 Å². The van der Waals surface area contributed by atoms with E-state index < -0.39 is 0 Å². The van der Waals surface area contributed by atoms with Gasteiger partial charge in [0.2, 0.25) is 5.91 Å². The maximum absolute atomic E-state index is 12.3. The molecule has 1 aromatic carbocycles. The van der Waals surface area contributed by atoms with Gasteiger partial charge in [-0.2, -0.15) is 0 Å². The predicted octanol–water partition coefficient (Wildman–Crippen LogP) is 3.24. The fraction of sp³-hybridized carbons (Fsp3) is 0.562. The highest BCUT2D eigenvalue weighted by atomic mass is 16.2. The summed E-state index contributed by atoms with van der Waals surface area (Å²) in [4.78, 5) is 14.3. The summed E-state index contributed by atoms with van der Waals surface area (Å²) in [6.45, 7) is 7.17. The van der Waals surface area contributed by atoms with Gasteiger partial charge in [-0.3, -0.25) is 4.79 Å². The largest absolute Gasteiger partial charge is 0.399 e. The lowest BCUT2D eigenvalue weighted by atomic mass is 10.1. The van der Waals surface area contributed by atoms with Crippen molar-refractivity contribution < 1.29 is 4.79 Å². The van der Waals surface area contributed by atoms with E-state index in [4.69, 9.17) is 5.73 Å². The number of carbonyl (C=O) groups excluding carboxylic acids is 1. The second kappa shape index (κ2) is 7.82. The summed E-state index contributed by atoms with van der Waals surface area (Å²) in [6.07, 6.45) is 3.87. The number of unbranched alkanes of at least 4 members (excludes halogenated alkanes) is 2. The van der Waals surface area contributed by atoms with Crippen molar-refractivity contribution in [2.24, 2.45) is 0 Å². The Morgan fingerprint density at radius 3 is 2.63 bits per heavy atom. The molecule has 0 saturated heterocycles. The van der Waals surface area contributed by atoms with E-state index in [1.54, 1.807) is 0 Å². The molecule has 0 bridgehead atoms. The van der Waals surface area contributed by atoms with Crippen molar-refractivity contribution in [1.29, 1.82) is 0 Å². The Labute approximate surface area is 116 Å². The second-order valence-electron chi connectivity index (χ2n) is 5.31. The van der Waals surface area contributed by atoms with Crippen molar-refractivity contribution in [3.8, 4) is 0 Å². The maximum Gasteiger partial charge on any atom is 0.227 e. The van der Waals surface area contributed by atoms with Crippen LogP contribution in [-0.4, -0.2) is 23.4 Å². The molecule has 0 aliphatic carbocycles. The molecule has 1 aromatic rings. The monoisotopic (exact) mass is 262 g/mol. The van der Waals surface area contributed by atoms with Gasteiger partial charge < -0.3 is 10.6 Å². The normalized spacial score (nSPS) is 10.7. The van der Waals surface area contributed by atoms with Crippen molar-refractivity contribution >= 4 is 11.6 Å². The van der Waals surface area contributed by atoms with Crippen molar-refractivity contribution in [3.05, 3.63) is 29.8 Å². The Kier molecular flexibility index (Phi) is 6.40. The fourth-order valence-corrected chi connectivity index (χ4v) is 2.18. The Morgan fingerprint density at radius 2 is 2.05 bits per heavy atom. The smallest absolute Gasteiger partial charge is 0.227 e. The third kappa shape index (κ3) is 5.33. The summed E-state index contributed by atoms with van der Waals surface area (Å²) in [5.74, 6) is 0.191. The van der Waals surface area contributed by atoms with Crippen molar-refractivity contribution in [2.45, 2.75) is 52.5 Å². The molecule has 0 radical (unpaired) electrons. The first kappa shape index (κ1) is 15.5. The van der Waals surface area contributed by atoms with Crippen LogP contribution in [0.25, 0.3) is 0 Å². The minimum atomic E-state index is 0.191. The average Bonchev–Trinajstić information content (AvgIpc) is 2.34. The molecule has 106 valence electrons. The summed E-state index contributed by atoms with van der Waals surface area (Å²) in [6, 6.07) is 7.83. The standard InChI is InChI=1S/C16H26N2O/c1-4-5-6-10-18(13(2)3)16(19)12-14-8-7-9-15(17)11-14/h7-9,11,13H,4-6,10,12,17H2,1-3H3. The lowest BCUT2D eigenvalue weighted by Crippen LogP contribution is -2.38. The first-order valence-corrected chi connectivity index (χ1v) is 7.18. The first-order chi connectivity index (χ1) is 9.04. The Hall–Kier alpha value is -1.51. The lowest BCUT2D eigenvalue weighted by molar-refractivity contribution is -0.132. The molecule has 0 atom stereocenters. The van der Waals surface area contributed by atoms with Gasteiger partial charge in [0, 0.05) is 18.3 Å². The maximum atomic E-state index is 12.3. The molecule has 0 aliphatic heterocycles. The van der Waals surface area contributed by atoms with Crippen LogP contribution >= 0.6 is 0 Å². The average molecular weight is 262 g/mol. The number of nitrogens with two attached hydrogens (primary N) is 1. The number of benzene rings is 1. The molecule has 1 rings (SSSR count). The van der Waals surface area contributed by atoms with Gasteiger partial charge in [-0.1, -0.05) is 31.9 Å². The molecule has 3 nitrogen and oxygen atoms in total. The SMILES string of the molecule is CCCCCN(C(=O)Cc1cccc(N)c1)C(C)C. The number of anilines is 1. The minimum absolute atomic E-state index is 0.191. The zero-order chi connectivity index (χ0) is 14.3. The van der Waals surface area contributed by atoms with Crippen LogP contribution in [0.5, 0.6) is 0 Å². The molecular formula is C16H26N2O. The highest BCUT2D eigenvalue weighted by Gasteiger charge is 2.16. The molecule has 0 unspecified atom stereocenters. The Balaban J connectivity index is 2.61. The summed E-state index contributed by atoms with van der Waals surface area (Å²) < 4.78 is 0. The van der Waals surface area contributed by atoms with Gasteiger partial charge in [0.05, 0.1) is 6.42 Å². The molecule has 2 N–H and O–H groups in total. The van der Waals surface area contributed by atoms with Gasteiger partial charge in [-0.25, -0.2) is 0 Å². The van der Waals surface area contributed by atoms with E-state index in [1.807, 2.05) is 29.2 Å². The molecule has 0 fully saturated rings. The molecule has 0 spiro atoms. The van der Waals surface area contributed by atoms with Gasteiger partial charge in [0.25, 0.3) is 0 Å². The number of amides is 1. The van der Waals surface area contributed by atoms with Gasteiger partial charge in [0.1, 0.15) is 0 Å². The Morgan fingerprint density at radius 1 is 1.32 bits per heavy atom. The third-order valence-corrected chi connectivity index (χ3v) is 3.25. The summed E-state index contributed by atoms with van der Waals surface area (Å²) in [5, 5.41) is 0. The van der Waals surface area contributed by atoms with E-state index in [9.17, 15) is 4.79 Å². The highest BCUT2D eigenvalue weighted by Crippen LogP contribution is 2.11. The van der Waals surface area contributed by atoms with Crippen LogP contribution < -0.4 is 5.73 Å². The van der Waals surface area contributed by atoms with Crippen LogP contribution in [0.3, 0.4) is 0 Å². The molecule has 3 heteroatoms. The van der Waals surface area contributed by atoms with Crippen molar-refractivity contribution in [3.63, 3.8) is 0 Å². The summed E-state index contributed by atoms with van der Waals surface area (Å²) in [7, 11) is 0. The Bertz CT molecular complexity index is 401. The minimum Gasteiger partial charge on any atom is -0.399 e. The lowest BCUT2D eigenvalue weighted by Gasteiger charge is -2.27. The van der Waals surface area contributed by atoms with Crippen LogP contribution in [0.15, 0.2) is 24.3 Å². The van der Waals surface area contributed by atoms with Gasteiger partial charge in [-0.15, -0.1) is 0 Å².